The monoisotopic (exact) mass is 442 g/mol. The quantitative estimate of drug-likeness (QED) is 0.414. The average Bonchev–Trinajstić information content (AvgIpc) is 2.76. The first kappa shape index (κ1) is 21.9. The van der Waals surface area contributed by atoms with Crippen molar-refractivity contribution in [3.05, 3.63) is 105 Å². The average molecular weight is 443 g/mol. The molecular weight excluding hydrogens is 423 g/mol. The van der Waals surface area contributed by atoms with E-state index in [-0.39, 0.29) is 24.3 Å². The number of hydrogen-bond acceptors (Lipinski definition) is 4. The lowest BCUT2D eigenvalue weighted by Gasteiger charge is -2.10. The molecule has 3 rings (SSSR count). The number of ether oxygens (including phenoxy) is 2. The van der Waals surface area contributed by atoms with E-state index >= 15 is 0 Å². The molecule has 0 saturated carbocycles. The Morgan fingerprint density at radius 1 is 0.600 bits per heavy atom. The first-order chi connectivity index (χ1) is 14.5. The third kappa shape index (κ3) is 6.34. The maximum Gasteiger partial charge on any atom is 0.339 e. The Morgan fingerprint density at radius 3 is 1.33 bits per heavy atom. The molecule has 0 aliphatic carbocycles. The van der Waals surface area contributed by atoms with Crippen molar-refractivity contribution in [3.63, 3.8) is 0 Å². The molecule has 6 heteroatoms. The molecule has 0 heterocycles. The normalized spacial score (nSPS) is 10.5. The second-order valence-electron chi connectivity index (χ2n) is 6.57. The van der Waals surface area contributed by atoms with Crippen LogP contribution in [-0.2, 0) is 22.3 Å². The third-order valence-corrected chi connectivity index (χ3v) is 4.95. The van der Waals surface area contributed by atoms with Crippen LogP contribution in [0.15, 0.2) is 72.8 Å². The summed E-state index contributed by atoms with van der Waals surface area (Å²) in [6, 6.07) is 21.1. The number of carbonyl (C=O) groups excluding carboxylic acids is 2. The van der Waals surface area contributed by atoms with Crippen molar-refractivity contribution >= 4 is 35.1 Å². The second kappa shape index (κ2) is 10.8. The predicted molar refractivity (Wildman–Crippen MR) is 117 cm³/mol. The molecule has 0 aliphatic heterocycles. The highest BCUT2D eigenvalue weighted by Gasteiger charge is 2.19. The van der Waals surface area contributed by atoms with E-state index in [1.807, 2.05) is 24.3 Å². The Kier molecular flexibility index (Phi) is 7.89. The highest BCUT2D eigenvalue weighted by molar-refractivity contribution is 6.30. The molecule has 30 heavy (non-hydrogen) atoms. The first-order valence-corrected chi connectivity index (χ1v) is 10.2. The number of hydrogen-bond donors (Lipinski definition) is 0. The molecule has 3 aromatic carbocycles. The molecule has 0 spiro atoms. The molecule has 0 atom stereocenters. The highest BCUT2D eigenvalue weighted by Crippen LogP contribution is 2.15. The van der Waals surface area contributed by atoms with Crippen molar-refractivity contribution in [2.75, 3.05) is 13.2 Å². The molecule has 0 unspecified atom stereocenters. The Labute approximate surface area is 185 Å². The summed E-state index contributed by atoms with van der Waals surface area (Å²) in [6.07, 6.45) is 1.10. The smallest absolute Gasteiger partial charge is 0.339 e. The zero-order valence-corrected chi connectivity index (χ0v) is 17.7. The van der Waals surface area contributed by atoms with E-state index in [0.29, 0.717) is 22.9 Å². The lowest BCUT2D eigenvalue weighted by molar-refractivity contribution is 0.0462. The van der Waals surface area contributed by atoms with Gasteiger partial charge in [0, 0.05) is 22.9 Å². The first-order valence-electron chi connectivity index (χ1n) is 9.45. The summed E-state index contributed by atoms with van der Waals surface area (Å²) >= 11 is 11.7. The highest BCUT2D eigenvalue weighted by atomic mass is 35.5. The zero-order valence-electron chi connectivity index (χ0n) is 16.1. The molecule has 0 bridgehead atoms. The number of esters is 2. The van der Waals surface area contributed by atoms with Crippen molar-refractivity contribution in [1.29, 1.82) is 0 Å². The summed E-state index contributed by atoms with van der Waals surface area (Å²) in [5.41, 5.74) is 2.37. The van der Waals surface area contributed by atoms with Crippen LogP contribution in [0.25, 0.3) is 0 Å². The molecule has 154 valence electrons. The molecule has 0 radical (unpaired) electrons. The molecule has 0 N–H and O–H groups in total. The van der Waals surface area contributed by atoms with Gasteiger partial charge in [-0.1, -0.05) is 59.6 Å². The van der Waals surface area contributed by atoms with Gasteiger partial charge in [0.1, 0.15) is 0 Å². The second-order valence-corrected chi connectivity index (χ2v) is 7.44. The number of halogens is 2. The van der Waals surface area contributed by atoms with Crippen LogP contribution in [0.3, 0.4) is 0 Å². The largest absolute Gasteiger partial charge is 0.462 e. The molecule has 0 saturated heterocycles. The fourth-order valence-electron chi connectivity index (χ4n) is 2.82. The van der Waals surface area contributed by atoms with E-state index in [9.17, 15) is 9.59 Å². The van der Waals surface area contributed by atoms with Crippen molar-refractivity contribution in [2.45, 2.75) is 12.8 Å². The van der Waals surface area contributed by atoms with Crippen LogP contribution in [0.5, 0.6) is 0 Å². The molecule has 3 aromatic rings. The Balaban J connectivity index is 1.54. The van der Waals surface area contributed by atoms with E-state index in [0.717, 1.165) is 11.1 Å². The Morgan fingerprint density at radius 2 is 0.967 bits per heavy atom. The van der Waals surface area contributed by atoms with E-state index in [2.05, 4.69) is 0 Å². The topological polar surface area (TPSA) is 52.6 Å². The summed E-state index contributed by atoms with van der Waals surface area (Å²) in [5, 5.41) is 1.30. The number of rotatable bonds is 8. The van der Waals surface area contributed by atoms with Gasteiger partial charge in [0.2, 0.25) is 0 Å². The third-order valence-electron chi connectivity index (χ3n) is 4.44. The van der Waals surface area contributed by atoms with Crippen molar-refractivity contribution in [3.8, 4) is 0 Å². The van der Waals surface area contributed by atoms with Gasteiger partial charge in [-0.2, -0.15) is 0 Å². The fraction of sp³-hybridized carbons (Fsp3) is 0.167. The van der Waals surface area contributed by atoms with Crippen LogP contribution in [0.4, 0.5) is 0 Å². The van der Waals surface area contributed by atoms with Crippen molar-refractivity contribution < 1.29 is 19.1 Å². The molecule has 0 amide bonds. The van der Waals surface area contributed by atoms with Gasteiger partial charge in [-0.05, 0) is 47.5 Å². The maximum atomic E-state index is 12.5. The van der Waals surface area contributed by atoms with Crippen LogP contribution in [0, 0.1) is 0 Å². The Bertz CT molecular complexity index is 916. The summed E-state index contributed by atoms with van der Waals surface area (Å²) < 4.78 is 10.7. The van der Waals surface area contributed by atoms with E-state index in [4.69, 9.17) is 32.7 Å². The van der Waals surface area contributed by atoms with Gasteiger partial charge >= 0.3 is 11.9 Å². The summed E-state index contributed by atoms with van der Waals surface area (Å²) in [6.45, 7) is 0.390. The molecule has 4 nitrogen and oxygen atoms in total. The SMILES string of the molecule is O=C(OCCc1ccc(Cl)cc1)c1ccccc1C(=O)OCCc1ccc(Cl)cc1. The van der Waals surface area contributed by atoms with E-state index in [1.165, 1.54) is 0 Å². The van der Waals surface area contributed by atoms with Crippen LogP contribution in [0.2, 0.25) is 10.0 Å². The lowest BCUT2D eigenvalue weighted by Crippen LogP contribution is -2.16. The van der Waals surface area contributed by atoms with Gasteiger partial charge in [0.15, 0.2) is 0 Å². The molecule has 0 aliphatic rings. The van der Waals surface area contributed by atoms with Crippen LogP contribution >= 0.6 is 23.2 Å². The van der Waals surface area contributed by atoms with Crippen molar-refractivity contribution in [2.24, 2.45) is 0 Å². The lowest BCUT2D eigenvalue weighted by atomic mass is 10.1. The van der Waals surface area contributed by atoms with E-state index in [1.54, 1.807) is 48.5 Å². The van der Waals surface area contributed by atoms with Gasteiger partial charge in [-0.25, -0.2) is 9.59 Å². The van der Waals surface area contributed by atoms with Crippen molar-refractivity contribution in [1.82, 2.24) is 0 Å². The summed E-state index contributed by atoms with van der Waals surface area (Å²) in [7, 11) is 0. The van der Waals surface area contributed by atoms with E-state index < -0.39 is 11.9 Å². The van der Waals surface area contributed by atoms with Crippen LogP contribution < -0.4 is 0 Å². The fourth-order valence-corrected chi connectivity index (χ4v) is 3.07. The number of benzene rings is 3. The van der Waals surface area contributed by atoms with Gasteiger partial charge < -0.3 is 9.47 Å². The minimum absolute atomic E-state index is 0.185. The number of carbonyl (C=O) groups is 2. The minimum Gasteiger partial charge on any atom is -0.462 e. The van der Waals surface area contributed by atoms with Gasteiger partial charge in [-0.15, -0.1) is 0 Å². The van der Waals surface area contributed by atoms with Gasteiger partial charge in [0.25, 0.3) is 0 Å². The van der Waals surface area contributed by atoms with Crippen LogP contribution in [0.1, 0.15) is 31.8 Å². The summed E-state index contributed by atoms with van der Waals surface area (Å²) in [5.74, 6) is -1.12. The maximum absolute atomic E-state index is 12.5. The standard InChI is InChI=1S/C24H20Cl2O4/c25-19-9-5-17(6-10-19)13-15-29-23(27)21-3-1-2-4-22(21)24(28)30-16-14-18-7-11-20(26)12-8-18/h1-12H,13-16H2. The zero-order chi connectivity index (χ0) is 21.3. The molecular formula is C24H20Cl2O4. The minimum atomic E-state index is -0.561. The summed E-state index contributed by atoms with van der Waals surface area (Å²) in [4.78, 5) is 25.0. The molecule has 0 aromatic heterocycles. The molecule has 0 fully saturated rings. The van der Waals surface area contributed by atoms with Gasteiger partial charge in [-0.3, -0.25) is 0 Å². The Hall–Kier alpha value is -2.82. The predicted octanol–water partition coefficient (Wildman–Crippen LogP) is 5.79. The van der Waals surface area contributed by atoms with Crippen LogP contribution in [-0.4, -0.2) is 25.2 Å². The van der Waals surface area contributed by atoms with Gasteiger partial charge in [0.05, 0.1) is 24.3 Å².